The predicted molar refractivity (Wildman–Crippen MR) is 105 cm³/mol. The van der Waals surface area contributed by atoms with Gasteiger partial charge in [0.2, 0.25) is 0 Å². The van der Waals surface area contributed by atoms with Crippen LogP contribution in [0.25, 0.3) is 0 Å². The summed E-state index contributed by atoms with van der Waals surface area (Å²) in [6, 6.07) is -1.10. The van der Waals surface area contributed by atoms with Gasteiger partial charge in [-0.25, -0.2) is 0 Å². The van der Waals surface area contributed by atoms with Crippen molar-refractivity contribution in [1.29, 1.82) is 0 Å². The molecule has 0 rings (SSSR count). The van der Waals surface area contributed by atoms with Crippen LogP contribution in [0, 0.1) is 0 Å². The van der Waals surface area contributed by atoms with Crippen LogP contribution in [0.1, 0.15) is 77.6 Å². The maximum absolute atomic E-state index is 11.4. The zero-order valence-corrected chi connectivity index (χ0v) is 13.5. The van der Waals surface area contributed by atoms with Crippen molar-refractivity contribution in [2.45, 2.75) is 83.6 Å². The van der Waals surface area contributed by atoms with E-state index in [-0.39, 0.29) is 173 Å². The molecule has 0 aliphatic heterocycles. The first kappa shape index (κ1) is 35.9. The Bertz CT molecular complexity index is 357. The van der Waals surface area contributed by atoms with Gasteiger partial charge in [-0.15, -0.1) is 0 Å². The molecule has 0 fully saturated rings. The Kier molecular flexibility index (Phi) is 36.6. The van der Waals surface area contributed by atoms with Crippen LogP contribution in [-0.2, 0) is 19.1 Å². The number of carboxylic acids is 1. The van der Waals surface area contributed by atoms with Gasteiger partial charge in [-0.05, 0) is 12.8 Å². The van der Waals surface area contributed by atoms with Crippen LogP contribution in [0.2, 0.25) is 0 Å². The molecule has 0 amide bonds. The number of carbonyl (C=O) groups is 3. The van der Waals surface area contributed by atoms with Crippen molar-refractivity contribution in [1.82, 2.24) is 0 Å². The molecule has 0 unspecified atom stereocenters. The number of rotatable bonds is 13. The Hall–Kier alpha value is 3.48. The maximum atomic E-state index is 11.4. The third kappa shape index (κ3) is 25.4. The minimum absolute atomic E-state index is 0. The van der Waals surface area contributed by atoms with Crippen LogP contribution in [0.15, 0.2) is 0 Å². The second-order valence-electron chi connectivity index (χ2n) is 5.55. The number of esters is 2. The number of hydrogen-bond donors (Lipinski definition) is 2. The number of aliphatic carboxylic acids is 1. The Morgan fingerprint density at radius 1 is 0.840 bits per heavy atom. The zero-order chi connectivity index (χ0) is 16.8. The average molecular weight is 436 g/mol. The Balaban J connectivity index is -0.000000735. The molecule has 0 aromatic heterocycles. The van der Waals surface area contributed by atoms with Crippen LogP contribution in [-0.4, -0.2) is 183 Å². The van der Waals surface area contributed by atoms with E-state index in [0.29, 0.717) is 6.42 Å². The van der Waals surface area contributed by atoms with E-state index >= 15 is 0 Å². The van der Waals surface area contributed by atoms with E-state index in [1.807, 2.05) is 0 Å². The molecule has 134 valence electrons. The van der Waals surface area contributed by atoms with Gasteiger partial charge >= 0.3 is 172 Å². The van der Waals surface area contributed by atoms with Gasteiger partial charge in [0.05, 0.1) is 0 Å². The predicted octanol–water partition coefficient (Wildman–Crippen LogP) is 0.834. The molecule has 25 heavy (non-hydrogen) atoms. The molecule has 0 saturated carbocycles. The summed E-state index contributed by atoms with van der Waals surface area (Å²) in [5, 5.41) is 8.57. The van der Waals surface area contributed by atoms with Crippen LogP contribution in [0.5, 0.6) is 0 Å². The molecule has 0 radical (unpaired) electrons. The normalized spacial score (nSPS) is 10.5. The van der Waals surface area contributed by atoms with E-state index in [1.165, 1.54) is 32.1 Å². The van der Waals surface area contributed by atoms with Crippen molar-refractivity contribution < 1.29 is 24.2 Å². The van der Waals surface area contributed by atoms with E-state index in [1.54, 1.807) is 0 Å². The molecule has 0 aromatic carbocycles. The van der Waals surface area contributed by atoms with Gasteiger partial charge in [0.15, 0.2) is 0 Å². The van der Waals surface area contributed by atoms with E-state index in [0.717, 1.165) is 12.8 Å². The Morgan fingerprint density at radius 2 is 1.28 bits per heavy atom. The standard InChI is InChI=1S/C16H29NO5.3K.3H/c1-2-3-4-5-6-7-8-9-10-14(18)22-15(19)12-11-13(17)16(20)21;;;;;;/h13H,2-12,17H2,1H3,(H,20,21);;;;;;/t13-;;;;;;/m0....../s1. The number of hydrogen-bond acceptors (Lipinski definition) is 5. The topological polar surface area (TPSA) is 107 Å². The SMILES string of the molecule is CCCCCCCCCCC(=O)OC(=O)CC[C@H](N)C(=O)O.[KH].[KH].[KH]. The van der Waals surface area contributed by atoms with Crippen molar-refractivity contribution in [3.8, 4) is 0 Å². The molecule has 0 heterocycles. The fourth-order valence-corrected chi connectivity index (χ4v) is 2.03. The summed E-state index contributed by atoms with van der Waals surface area (Å²) in [7, 11) is 0. The van der Waals surface area contributed by atoms with Crippen molar-refractivity contribution in [2.75, 3.05) is 0 Å². The molecule has 0 aliphatic rings. The molecule has 1 atom stereocenters. The van der Waals surface area contributed by atoms with E-state index in [2.05, 4.69) is 11.7 Å². The van der Waals surface area contributed by atoms with Crippen LogP contribution in [0.4, 0.5) is 0 Å². The van der Waals surface area contributed by atoms with E-state index in [9.17, 15) is 14.4 Å². The second kappa shape index (κ2) is 25.5. The summed E-state index contributed by atoms with van der Waals surface area (Å²) in [5.74, 6) is -2.42. The summed E-state index contributed by atoms with van der Waals surface area (Å²) in [5.41, 5.74) is 5.26. The third-order valence-electron chi connectivity index (χ3n) is 3.44. The summed E-state index contributed by atoms with van der Waals surface area (Å²) in [4.78, 5) is 33.2. The first-order chi connectivity index (χ1) is 10.5. The monoisotopic (exact) mass is 435 g/mol. The summed E-state index contributed by atoms with van der Waals surface area (Å²) in [6.07, 6.45) is 9.01. The van der Waals surface area contributed by atoms with Gasteiger partial charge in [0.25, 0.3) is 0 Å². The number of carbonyl (C=O) groups excluding carboxylic acids is 2. The molecule has 3 N–H and O–H groups in total. The quantitative estimate of drug-likeness (QED) is 0.192. The van der Waals surface area contributed by atoms with Gasteiger partial charge in [0, 0.05) is 12.8 Å². The van der Waals surface area contributed by atoms with Gasteiger partial charge in [-0.3, -0.25) is 14.4 Å². The molecule has 0 aromatic rings. The molecular weight excluding hydrogens is 403 g/mol. The van der Waals surface area contributed by atoms with E-state index < -0.39 is 23.9 Å². The average Bonchev–Trinajstić information content (AvgIpc) is 2.47. The molecule has 0 saturated heterocycles. The van der Waals surface area contributed by atoms with Crippen molar-refractivity contribution in [3.63, 3.8) is 0 Å². The molecule has 0 aliphatic carbocycles. The summed E-state index contributed by atoms with van der Waals surface area (Å²) >= 11 is 0. The number of carboxylic acid groups (broad SMARTS) is 1. The van der Waals surface area contributed by atoms with Gasteiger partial charge in [-0.2, -0.15) is 0 Å². The fourth-order valence-electron chi connectivity index (χ4n) is 2.03. The van der Waals surface area contributed by atoms with Crippen molar-refractivity contribution >= 4 is 172 Å². The first-order valence-corrected chi connectivity index (χ1v) is 8.19. The van der Waals surface area contributed by atoms with Gasteiger partial charge < -0.3 is 15.6 Å². The van der Waals surface area contributed by atoms with E-state index in [4.69, 9.17) is 10.8 Å². The summed E-state index contributed by atoms with van der Waals surface area (Å²) in [6.45, 7) is 2.18. The van der Waals surface area contributed by atoms with Crippen molar-refractivity contribution in [2.24, 2.45) is 5.73 Å². The molecule has 0 spiro atoms. The third-order valence-corrected chi connectivity index (χ3v) is 3.44. The molecular formula is C16H32K3NO5. The molecule has 0 bridgehead atoms. The second-order valence-corrected chi connectivity index (χ2v) is 5.55. The fraction of sp³-hybridized carbons (Fsp3) is 0.812. The number of nitrogens with two attached hydrogens (primary N) is 1. The van der Waals surface area contributed by atoms with Crippen LogP contribution < -0.4 is 5.73 Å². The van der Waals surface area contributed by atoms with Gasteiger partial charge in [0.1, 0.15) is 6.04 Å². The van der Waals surface area contributed by atoms with Gasteiger partial charge in [-0.1, -0.05) is 51.9 Å². The zero-order valence-electron chi connectivity index (χ0n) is 13.5. The van der Waals surface area contributed by atoms with Crippen LogP contribution in [0.3, 0.4) is 0 Å². The Labute approximate surface area is 279 Å². The minimum atomic E-state index is -1.17. The summed E-state index contributed by atoms with van der Waals surface area (Å²) < 4.78 is 4.61. The Morgan fingerprint density at radius 3 is 1.76 bits per heavy atom. The number of unbranched alkanes of at least 4 members (excludes halogenated alkanes) is 7. The molecule has 6 nitrogen and oxygen atoms in total. The molecule has 9 heteroatoms. The first-order valence-electron chi connectivity index (χ1n) is 8.19. The number of ether oxygens (including phenoxy) is 1. The van der Waals surface area contributed by atoms with Crippen LogP contribution >= 0.6 is 0 Å². The van der Waals surface area contributed by atoms with Crippen molar-refractivity contribution in [3.05, 3.63) is 0 Å².